The zero-order valence-electron chi connectivity index (χ0n) is 9.92. The number of carbonyl (C=O) groups excluding carboxylic acids is 1. The molecule has 0 unspecified atom stereocenters. The lowest BCUT2D eigenvalue weighted by molar-refractivity contribution is 0.0993. The number of imidazole rings is 1. The summed E-state index contributed by atoms with van der Waals surface area (Å²) in [5, 5.41) is 2.05. The van der Waals surface area contributed by atoms with Crippen molar-refractivity contribution in [1.29, 1.82) is 0 Å². The van der Waals surface area contributed by atoms with Crippen molar-refractivity contribution in [2.75, 3.05) is 0 Å². The number of aromatic nitrogens is 2. The molecule has 3 heterocycles. The number of aryl methyl sites for hydroxylation is 1. The van der Waals surface area contributed by atoms with Gasteiger partial charge in [-0.1, -0.05) is 0 Å². The van der Waals surface area contributed by atoms with Gasteiger partial charge < -0.3 is 4.57 Å². The minimum atomic E-state index is 0.157. The summed E-state index contributed by atoms with van der Waals surface area (Å²) in [6, 6.07) is 4.06. The van der Waals surface area contributed by atoms with Crippen LogP contribution in [-0.4, -0.2) is 15.3 Å². The van der Waals surface area contributed by atoms with Crippen molar-refractivity contribution >= 4 is 37.9 Å². The Morgan fingerprint density at radius 3 is 3.11 bits per heavy atom. The monoisotopic (exact) mass is 276 g/mol. The van der Waals surface area contributed by atoms with E-state index in [0.29, 0.717) is 6.42 Å². The molecule has 0 aliphatic heterocycles. The number of ketones is 1. The smallest absolute Gasteiger partial charge is 0.180 e. The highest BCUT2D eigenvalue weighted by Crippen LogP contribution is 2.30. The van der Waals surface area contributed by atoms with Crippen molar-refractivity contribution < 1.29 is 4.79 Å². The van der Waals surface area contributed by atoms with Crippen LogP contribution in [0, 0.1) is 0 Å². The molecule has 0 saturated heterocycles. The number of fused-ring (bicyclic) bond motifs is 1. The normalized spacial score (nSPS) is 11.2. The SMILES string of the molecule is CCn1ccnc1CC(=O)c1cc2sccc2s1. The van der Waals surface area contributed by atoms with Crippen LogP contribution in [0.1, 0.15) is 22.4 Å². The third kappa shape index (κ3) is 2.00. The summed E-state index contributed by atoms with van der Waals surface area (Å²) in [5.74, 6) is 1.00. The van der Waals surface area contributed by atoms with Crippen LogP contribution in [0.2, 0.25) is 0 Å². The van der Waals surface area contributed by atoms with Gasteiger partial charge in [0, 0.05) is 28.3 Å². The fourth-order valence-electron chi connectivity index (χ4n) is 1.93. The molecule has 0 radical (unpaired) electrons. The van der Waals surface area contributed by atoms with Crippen molar-refractivity contribution in [3.8, 4) is 0 Å². The molecule has 3 aromatic rings. The summed E-state index contributed by atoms with van der Waals surface area (Å²) in [6.07, 6.45) is 4.04. The Hall–Kier alpha value is -1.46. The third-order valence-electron chi connectivity index (χ3n) is 2.88. The number of nitrogens with zero attached hydrogens (tertiary/aromatic N) is 2. The second-order valence-corrected chi connectivity index (χ2v) is 6.02. The van der Waals surface area contributed by atoms with Gasteiger partial charge in [0.2, 0.25) is 0 Å². The fraction of sp³-hybridized carbons (Fsp3) is 0.231. The van der Waals surface area contributed by atoms with Gasteiger partial charge in [-0.3, -0.25) is 4.79 Å². The molecule has 0 N–H and O–H groups in total. The van der Waals surface area contributed by atoms with E-state index < -0.39 is 0 Å². The molecule has 3 rings (SSSR count). The van der Waals surface area contributed by atoms with Crippen molar-refractivity contribution in [1.82, 2.24) is 9.55 Å². The number of carbonyl (C=O) groups is 1. The maximum Gasteiger partial charge on any atom is 0.180 e. The number of Topliss-reactive ketones (excluding diaryl/α,β-unsaturated/α-hetero) is 1. The Balaban J connectivity index is 1.85. The molecule has 0 aromatic carbocycles. The van der Waals surface area contributed by atoms with Gasteiger partial charge in [-0.15, -0.1) is 22.7 Å². The Morgan fingerprint density at radius 1 is 1.44 bits per heavy atom. The predicted molar refractivity (Wildman–Crippen MR) is 75.6 cm³/mol. The molecular weight excluding hydrogens is 264 g/mol. The molecule has 0 aliphatic carbocycles. The number of hydrogen-bond donors (Lipinski definition) is 0. The van der Waals surface area contributed by atoms with Gasteiger partial charge in [0.15, 0.2) is 5.78 Å². The molecule has 0 saturated carbocycles. The Bertz CT molecular complexity index is 664. The molecular formula is C13H12N2OS2. The van der Waals surface area contributed by atoms with E-state index in [9.17, 15) is 4.79 Å². The average molecular weight is 276 g/mol. The summed E-state index contributed by atoms with van der Waals surface area (Å²) in [6.45, 7) is 2.90. The fourth-order valence-corrected chi connectivity index (χ4v) is 3.98. The number of rotatable bonds is 4. The molecule has 0 fully saturated rings. The molecule has 3 nitrogen and oxygen atoms in total. The highest BCUT2D eigenvalue weighted by Gasteiger charge is 2.14. The van der Waals surface area contributed by atoms with Crippen LogP contribution < -0.4 is 0 Å². The summed E-state index contributed by atoms with van der Waals surface area (Å²) < 4.78 is 4.40. The lowest BCUT2D eigenvalue weighted by atomic mass is 10.2. The van der Waals surface area contributed by atoms with E-state index in [1.807, 2.05) is 16.8 Å². The maximum atomic E-state index is 12.2. The van der Waals surface area contributed by atoms with Gasteiger partial charge in [-0.2, -0.15) is 0 Å². The van der Waals surface area contributed by atoms with Gasteiger partial charge in [-0.25, -0.2) is 4.98 Å². The zero-order chi connectivity index (χ0) is 12.5. The van der Waals surface area contributed by atoms with Gasteiger partial charge in [0.1, 0.15) is 5.82 Å². The molecule has 0 aliphatic rings. The first-order valence-corrected chi connectivity index (χ1v) is 7.48. The standard InChI is InChI=1S/C13H12N2OS2/c1-2-15-5-4-14-13(15)7-9(16)11-8-12-10(18-11)3-6-17-12/h3-6,8H,2,7H2,1H3. The van der Waals surface area contributed by atoms with E-state index in [2.05, 4.69) is 23.4 Å². The minimum absolute atomic E-state index is 0.157. The molecule has 0 atom stereocenters. The van der Waals surface area contributed by atoms with E-state index in [-0.39, 0.29) is 5.78 Å². The number of hydrogen-bond acceptors (Lipinski definition) is 4. The molecule has 18 heavy (non-hydrogen) atoms. The van der Waals surface area contributed by atoms with Crippen LogP contribution in [-0.2, 0) is 13.0 Å². The van der Waals surface area contributed by atoms with Crippen molar-refractivity contribution in [2.45, 2.75) is 19.9 Å². The first-order valence-electron chi connectivity index (χ1n) is 5.78. The summed E-state index contributed by atoms with van der Waals surface area (Å²) in [5.41, 5.74) is 0. The second-order valence-electron chi connectivity index (χ2n) is 3.99. The Kier molecular flexibility index (Phi) is 3.01. The highest BCUT2D eigenvalue weighted by atomic mass is 32.1. The molecule has 5 heteroatoms. The minimum Gasteiger partial charge on any atom is -0.335 e. The first kappa shape index (κ1) is 11.6. The summed E-state index contributed by atoms with van der Waals surface area (Å²) in [7, 11) is 0. The first-order chi connectivity index (χ1) is 8.78. The quantitative estimate of drug-likeness (QED) is 0.682. The van der Waals surface area contributed by atoms with Crippen LogP contribution in [0.25, 0.3) is 9.40 Å². The Morgan fingerprint density at radius 2 is 2.33 bits per heavy atom. The van der Waals surface area contributed by atoms with Gasteiger partial charge in [-0.05, 0) is 24.4 Å². The summed E-state index contributed by atoms with van der Waals surface area (Å²) in [4.78, 5) is 17.3. The second kappa shape index (κ2) is 4.66. The van der Waals surface area contributed by atoms with Crippen LogP contribution in [0.3, 0.4) is 0 Å². The molecule has 3 aromatic heterocycles. The van der Waals surface area contributed by atoms with E-state index >= 15 is 0 Å². The maximum absolute atomic E-state index is 12.2. The lowest BCUT2D eigenvalue weighted by Crippen LogP contribution is -2.08. The van der Waals surface area contributed by atoms with E-state index in [0.717, 1.165) is 17.2 Å². The average Bonchev–Trinajstić information content (AvgIpc) is 3.02. The largest absolute Gasteiger partial charge is 0.335 e. The lowest BCUT2D eigenvalue weighted by Gasteiger charge is -2.02. The van der Waals surface area contributed by atoms with Crippen molar-refractivity contribution in [3.05, 3.63) is 40.6 Å². The van der Waals surface area contributed by atoms with Crippen molar-refractivity contribution in [2.24, 2.45) is 0 Å². The molecule has 0 amide bonds. The molecule has 92 valence electrons. The van der Waals surface area contributed by atoms with Crippen molar-refractivity contribution in [3.63, 3.8) is 0 Å². The van der Waals surface area contributed by atoms with Gasteiger partial charge in [0.05, 0.1) is 11.3 Å². The van der Waals surface area contributed by atoms with Gasteiger partial charge in [0.25, 0.3) is 0 Å². The predicted octanol–water partition coefficient (Wildman–Crippen LogP) is 3.60. The third-order valence-corrected chi connectivity index (χ3v) is 5.01. The van der Waals surface area contributed by atoms with Gasteiger partial charge >= 0.3 is 0 Å². The summed E-state index contributed by atoms with van der Waals surface area (Å²) >= 11 is 3.25. The van der Waals surface area contributed by atoms with E-state index in [4.69, 9.17) is 0 Å². The van der Waals surface area contributed by atoms with Crippen LogP contribution in [0.5, 0.6) is 0 Å². The van der Waals surface area contributed by atoms with E-state index in [1.54, 1.807) is 28.9 Å². The van der Waals surface area contributed by atoms with Crippen LogP contribution in [0.15, 0.2) is 29.9 Å². The zero-order valence-corrected chi connectivity index (χ0v) is 11.6. The topological polar surface area (TPSA) is 34.9 Å². The molecule has 0 bridgehead atoms. The Labute approximate surface area is 113 Å². The molecule has 0 spiro atoms. The highest BCUT2D eigenvalue weighted by molar-refractivity contribution is 7.27. The number of thiophene rings is 2. The van der Waals surface area contributed by atoms with E-state index in [1.165, 1.54) is 9.40 Å². The van der Waals surface area contributed by atoms with Crippen LogP contribution in [0.4, 0.5) is 0 Å². The van der Waals surface area contributed by atoms with Crippen LogP contribution >= 0.6 is 22.7 Å².